The molecule has 0 aromatic rings. The zero-order valence-corrected chi connectivity index (χ0v) is 19.2. The van der Waals surface area contributed by atoms with Crippen LogP contribution in [0.25, 0.3) is 0 Å². The predicted octanol–water partition coefficient (Wildman–Crippen LogP) is 2.36. The van der Waals surface area contributed by atoms with E-state index in [9.17, 15) is 9.59 Å². The summed E-state index contributed by atoms with van der Waals surface area (Å²) in [7, 11) is 1.89. The van der Waals surface area contributed by atoms with Crippen molar-refractivity contribution in [3.05, 3.63) is 0 Å². The van der Waals surface area contributed by atoms with Gasteiger partial charge in [0.2, 0.25) is 11.8 Å². The van der Waals surface area contributed by atoms with Gasteiger partial charge in [-0.2, -0.15) is 0 Å². The number of imide groups is 1. The first kappa shape index (κ1) is 24.9. The Morgan fingerprint density at radius 3 is 2.50 bits per heavy atom. The molecule has 30 heavy (non-hydrogen) atoms. The standard InChI is InChI=1S/C22H39N3O5/c1-21(2,15-30-19-8-6-7-10-29-19)17(23)12-18(26)24-20(27)22(3,4)25(5)13-16-9-11-28-14-16/h16,19,23H,6-15H2,1-5H3,(H,24,26,27). The van der Waals surface area contributed by atoms with E-state index in [2.05, 4.69) is 5.32 Å². The topological polar surface area (TPSA) is 101 Å². The smallest absolute Gasteiger partial charge is 0.246 e. The fourth-order valence-electron chi connectivity index (χ4n) is 3.47. The van der Waals surface area contributed by atoms with E-state index in [4.69, 9.17) is 19.6 Å². The zero-order valence-electron chi connectivity index (χ0n) is 19.2. The van der Waals surface area contributed by atoms with E-state index in [0.29, 0.717) is 25.7 Å². The highest BCUT2D eigenvalue weighted by Gasteiger charge is 2.36. The average Bonchev–Trinajstić information content (AvgIpc) is 3.20. The van der Waals surface area contributed by atoms with Crippen molar-refractivity contribution in [2.45, 2.75) is 71.6 Å². The summed E-state index contributed by atoms with van der Waals surface area (Å²) in [5, 5.41) is 10.8. The fourth-order valence-corrected chi connectivity index (χ4v) is 3.47. The number of nitrogens with zero attached hydrogens (tertiary/aromatic N) is 1. The van der Waals surface area contributed by atoms with Crippen molar-refractivity contribution in [2.75, 3.05) is 40.0 Å². The summed E-state index contributed by atoms with van der Waals surface area (Å²) in [4.78, 5) is 27.2. The number of hydrogen-bond acceptors (Lipinski definition) is 7. The monoisotopic (exact) mass is 425 g/mol. The molecule has 2 fully saturated rings. The van der Waals surface area contributed by atoms with Gasteiger partial charge in [-0.1, -0.05) is 13.8 Å². The normalized spacial score (nSPS) is 22.9. The van der Waals surface area contributed by atoms with Gasteiger partial charge in [0.1, 0.15) is 0 Å². The Labute approximate surface area is 180 Å². The Morgan fingerprint density at radius 2 is 1.90 bits per heavy atom. The van der Waals surface area contributed by atoms with Gasteiger partial charge >= 0.3 is 0 Å². The molecule has 2 aliphatic rings. The van der Waals surface area contributed by atoms with Crippen LogP contribution in [0.4, 0.5) is 0 Å². The van der Waals surface area contributed by atoms with Crippen molar-refractivity contribution in [3.63, 3.8) is 0 Å². The fraction of sp³-hybridized carbons (Fsp3) is 0.864. The minimum atomic E-state index is -0.836. The quantitative estimate of drug-likeness (QED) is 0.521. The third kappa shape index (κ3) is 7.11. The maximum atomic E-state index is 12.7. The lowest BCUT2D eigenvalue weighted by Crippen LogP contribution is -2.56. The Balaban J connectivity index is 1.80. The molecule has 8 nitrogen and oxygen atoms in total. The molecule has 2 aliphatic heterocycles. The molecule has 2 heterocycles. The highest BCUT2D eigenvalue weighted by molar-refractivity contribution is 6.08. The van der Waals surface area contributed by atoms with Gasteiger partial charge in [0.25, 0.3) is 0 Å². The molecule has 2 amide bonds. The summed E-state index contributed by atoms with van der Waals surface area (Å²) in [6.07, 6.45) is 3.60. The molecule has 2 unspecified atom stereocenters. The van der Waals surface area contributed by atoms with Crippen LogP contribution in [0.2, 0.25) is 0 Å². The highest BCUT2D eigenvalue weighted by atomic mass is 16.7. The molecule has 0 aromatic heterocycles. The molecule has 172 valence electrons. The minimum absolute atomic E-state index is 0.135. The van der Waals surface area contributed by atoms with Gasteiger partial charge in [-0.25, -0.2) is 0 Å². The zero-order chi connectivity index (χ0) is 22.4. The first-order valence-corrected chi connectivity index (χ1v) is 11.0. The summed E-state index contributed by atoms with van der Waals surface area (Å²) in [5.74, 6) is -0.413. The molecule has 2 N–H and O–H groups in total. The van der Waals surface area contributed by atoms with Crippen molar-refractivity contribution >= 4 is 17.5 Å². The van der Waals surface area contributed by atoms with Gasteiger partial charge < -0.3 is 19.6 Å². The molecule has 2 saturated heterocycles. The van der Waals surface area contributed by atoms with Crippen molar-refractivity contribution in [1.29, 1.82) is 5.41 Å². The Kier molecular flexibility index (Phi) is 8.97. The summed E-state index contributed by atoms with van der Waals surface area (Å²) in [6.45, 7) is 10.6. The Bertz CT molecular complexity index is 608. The highest BCUT2D eigenvalue weighted by Crippen LogP contribution is 2.23. The van der Waals surface area contributed by atoms with E-state index < -0.39 is 16.9 Å². The molecule has 0 bridgehead atoms. The second-order valence-corrected chi connectivity index (χ2v) is 9.69. The molecule has 0 aromatic carbocycles. The van der Waals surface area contributed by atoms with Crippen LogP contribution in [-0.4, -0.2) is 74.3 Å². The third-order valence-corrected chi connectivity index (χ3v) is 6.24. The number of amides is 2. The lowest BCUT2D eigenvalue weighted by molar-refractivity contribution is -0.171. The van der Waals surface area contributed by atoms with E-state index in [-0.39, 0.29) is 24.3 Å². The maximum Gasteiger partial charge on any atom is 0.246 e. The average molecular weight is 426 g/mol. The number of ether oxygens (including phenoxy) is 3. The minimum Gasteiger partial charge on any atom is -0.381 e. The third-order valence-electron chi connectivity index (χ3n) is 6.24. The summed E-state index contributed by atoms with van der Waals surface area (Å²) < 4.78 is 16.8. The summed E-state index contributed by atoms with van der Waals surface area (Å²) >= 11 is 0. The van der Waals surface area contributed by atoms with Crippen LogP contribution in [-0.2, 0) is 23.8 Å². The molecular formula is C22H39N3O5. The van der Waals surface area contributed by atoms with Crippen LogP contribution in [0.5, 0.6) is 0 Å². The first-order valence-electron chi connectivity index (χ1n) is 11.0. The van der Waals surface area contributed by atoms with Gasteiger partial charge in [0.05, 0.1) is 25.2 Å². The SMILES string of the molecule is CN(CC1CCOC1)C(C)(C)C(=O)NC(=O)CC(=N)C(C)(C)COC1CCCCO1. The van der Waals surface area contributed by atoms with Gasteiger partial charge in [-0.3, -0.25) is 19.8 Å². The number of likely N-dealkylation sites (N-methyl/N-ethyl adjacent to an activating group) is 1. The first-order chi connectivity index (χ1) is 14.0. The van der Waals surface area contributed by atoms with E-state index in [0.717, 1.165) is 38.8 Å². The Hall–Kier alpha value is -1.35. The molecule has 0 aliphatic carbocycles. The van der Waals surface area contributed by atoms with E-state index >= 15 is 0 Å². The maximum absolute atomic E-state index is 12.7. The second kappa shape index (κ2) is 10.8. The molecular weight excluding hydrogens is 386 g/mol. The van der Waals surface area contributed by atoms with Crippen molar-refractivity contribution in [2.24, 2.45) is 11.3 Å². The van der Waals surface area contributed by atoms with Crippen LogP contribution in [0.1, 0.15) is 59.8 Å². The van der Waals surface area contributed by atoms with Crippen LogP contribution < -0.4 is 5.32 Å². The number of carbonyl (C=O) groups excluding carboxylic acids is 2. The number of hydrogen-bond donors (Lipinski definition) is 2. The van der Waals surface area contributed by atoms with Crippen LogP contribution >= 0.6 is 0 Å². The molecule has 8 heteroatoms. The predicted molar refractivity (Wildman–Crippen MR) is 114 cm³/mol. The van der Waals surface area contributed by atoms with Crippen molar-refractivity contribution < 1.29 is 23.8 Å². The van der Waals surface area contributed by atoms with Gasteiger partial charge in [0, 0.05) is 30.9 Å². The Morgan fingerprint density at radius 1 is 1.17 bits per heavy atom. The van der Waals surface area contributed by atoms with Gasteiger partial charge in [-0.15, -0.1) is 0 Å². The summed E-state index contributed by atoms with van der Waals surface area (Å²) in [5.41, 5.74) is -1.22. The van der Waals surface area contributed by atoms with Crippen molar-refractivity contribution in [1.82, 2.24) is 10.2 Å². The van der Waals surface area contributed by atoms with E-state index in [1.54, 1.807) is 13.8 Å². The molecule has 2 rings (SSSR count). The van der Waals surface area contributed by atoms with E-state index in [1.165, 1.54) is 0 Å². The number of carbonyl (C=O) groups is 2. The lowest BCUT2D eigenvalue weighted by atomic mass is 9.86. The van der Waals surface area contributed by atoms with E-state index in [1.807, 2.05) is 25.8 Å². The lowest BCUT2D eigenvalue weighted by Gasteiger charge is -2.35. The molecule has 2 atom stereocenters. The van der Waals surface area contributed by atoms with Gasteiger partial charge in [0.15, 0.2) is 6.29 Å². The number of rotatable bonds is 10. The second-order valence-electron chi connectivity index (χ2n) is 9.69. The van der Waals surface area contributed by atoms with Crippen LogP contribution in [0.3, 0.4) is 0 Å². The largest absolute Gasteiger partial charge is 0.381 e. The summed E-state index contributed by atoms with van der Waals surface area (Å²) in [6, 6.07) is 0. The number of nitrogens with one attached hydrogen (secondary N) is 2. The molecule has 0 radical (unpaired) electrons. The van der Waals surface area contributed by atoms with Crippen LogP contribution in [0.15, 0.2) is 0 Å². The molecule has 0 saturated carbocycles. The molecule has 0 spiro atoms. The van der Waals surface area contributed by atoms with Crippen LogP contribution in [0, 0.1) is 16.7 Å². The van der Waals surface area contributed by atoms with Crippen molar-refractivity contribution in [3.8, 4) is 0 Å². The van der Waals surface area contributed by atoms with Gasteiger partial charge in [-0.05, 0) is 52.5 Å².